The zero-order valence-corrected chi connectivity index (χ0v) is 12.0. The van der Waals surface area contributed by atoms with Gasteiger partial charge >= 0.3 is 0 Å². The molecule has 0 bridgehead atoms. The van der Waals surface area contributed by atoms with E-state index in [1.807, 2.05) is 6.92 Å². The largest absolute Gasteiger partial charge is 0.493 e. The summed E-state index contributed by atoms with van der Waals surface area (Å²) in [5.41, 5.74) is 1.94. The molecule has 1 aromatic rings. The maximum atomic E-state index is 10.4. The lowest BCUT2D eigenvalue weighted by Gasteiger charge is -2.26. The Kier molecular flexibility index (Phi) is 3.96. The molecule has 0 radical (unpaired) electrons. The van der Waals surface area contributed by atoms with Gasteiger partial charge in [0.2, 0.25) is 0 Å². The van der Waals surface area contributed by atoms with Crippen molar-refractivity contribution < 1.29 is 14.6 Å². The van der Waals surface area contributed by atoms with Gasteiger partial charge in [0.1, 0.15) is 11.4 Å². The predicted molar refractivity (Wildman–Crippen MR) is 77.2 cm³/mol. The number of aliphatic hydroxyl groups is 1. The summed E-state index contributed by atoms with van der Waals surface area (Å²) in [5, 5.41) is 13.7. The third-order valence-corrected chi connectivity index (χ3v) is 4.43. The van der Waals surface area contributed by atoms with Gasteiger partial charge < -0.3 is 19.9 Å². The predicted octanol–water partition coefficient (Wildman–Crippen LogP) is 1.29. The van der Waals surface area contributed by atoms with Crippen LogP contribution in [0, 0.1) is 0 Å². The monoisotopic (exact) mass is 277 g/mol. The first-order valence-electron chi connectivity index (χ1n) is 7.47. The van der Waals surface area contributed by atoms with Crippen LogP contribution in [0.1, 0.15) is 24.5 Å². The topological polar surface area (TPSA) is 50.7 Å². The number of hydrogen-bond acceptors (Lipinski definition) is 4. The van der Waals surface area contributed by atoms with Gasteiger partial charge in [0.05, 0.1) is 12.7 Å². The van der Waals surface area contributed by atoms with Crippen molar-refractivity contribution in [3.05, 3.63) is 29.3 Å². The van der Waals surface area contributed by atoms with E-state index in [9.17, 15) is 5.11 Å². The lowest BCUT2D eigenvalue weighted by atomic mass is 9.96. The molecule has 2 atom stereocenters. The molecular weight excluding hydrogens is 254 g/mol. The summed E-state index contributed by atoms with van der Waals surface area (Å²) < 4.78 is 10.9. The quantitative estimate of drug-likeness (QED) is 0.796. The van der Waals surface area contributed by atoms with Gasteiger partial charge in [-0.05, 0) is 37.1 Å². The highest BCUT2D eigenvalue weighted by atomic mass is 16.5. The molecule has 4 nitrogen and oxygen atoms in total. The van der Waals surface area contributed by atoms with Crippen LogP contribution in [-0.4, -0.2) is 43.1 Å². The van der Waals surface area contributed by atoms with E-state index < -0.39 is 5.60 Å². The van der Waals surface area contributed by atoms with Crippen LogP contribution in [0.5, 0.6) is 5.75 Å². The van der Waals surface area contributed by atoms with E-state index in [-0.39, 0.29) is 6.10 Å². The van der Waals surface area contributed by atoms with Crippen molar-refractivity contribution in [1.82, 2.24) is 5.32 Å². The first-order chi connectivity index (χ1) is 9.67. The van der Waals surface area contributed by atoms with Crippen molar-refractivity contribution in [2.45, 2.75) is 37.9 Å². The molecule has 0 aliphatic carbocycles. The van der Waals surface area contributed by atoms with Crippen molar-refractivity contribution in [1.29, 1.82) is 0 Å². The van der Waals surface area contributed by atoms with E-state index in [1.165, 1.54) is 11.1 Å². The Bertz CT molecular complexity index is 477. The lowest BCUT2D eigenvalue weighted by molar-refractivity contribution is -0.0259. The van der Waals surface area contributed by atoms with E-state index >= 15 is 0 Å². The molecule has 2 heterocycles. The molecule has 2 aliphatic heterocycles. The second-order valence-electron chi connectivity index (χ2n) is 5.83. The molecule has 2 unspecified atom stereocenters. The van der Waals surface area contributed by atoms with Crippen LogP contribution < -0.4 is 10.1 Å². The van der Waals surface area contributed by atoms with Gasteiger partial charge in [-0.1, -0.05) is 12.1 Å². The Hall–Kier alpha value is -1.10. The summed E-state index contributed by atoms with van der Waals surface area (Å²) in [6.45, 7) is 4.87. The fourth-order valence-corrected chi connectivity index (χ4v) is 2.94. The van der Waals surface area contributed by atoms with Gasteiger partial charge in [0, 0.05) is 26.0 Å². The third-order valence-electron chi connectivity index (χ3n) is 4.43. The molecule has 1 fully saturated rings. The van der Waals surface area contributed by atoms with E-state index in [0.717, 1.165) is 38.2 Å². The van der Waals surface area contributed by atoms with Crippen LogP contribution in [-0.2, 0) is 17.6 Å². The number of fused-ring (bicyclic) bond motifs is 1. The summed E-state index contributed by atoms with van der Waals surface area (Å²) in [6.07, 6.45) is 2.63. The Morgan fingerprint density at radius 3 is 3.10 bits per heavy atom. The number of rotatable bonds is 5. The van der Waals surface area contributed by atoms with Gasteiger partial charge in [-0.15, -0.1) is 0 Å². The smallest absolute Gasteiger partial charge is 0.122 e. The number of benzene rings is 1. The van der Waals surface area contributed by atoms with Gasteiger partial charge in [-0.2, -0.15) is 0 Å². The Morgan fingerprint density at radius 2 is 2.30 bits per heavy atom. The van der Waals surface area contributed by atoms with E-state index in [0.29, 0.717) is 13.2 Å². The summed E-state index contributed by atoms with van der Waals surface area (Å²) in [7, 11) is 0. The zero-order valence-electron chi connectivity index (χ0n) is 12.0. The van der Waals surface area contributed by atoms with Crippen LogP contribution in [0.2, 0.25) is 0 Å². The summed E-state index contributed by atoms with van der Waals surface area (Å²) in [6, 6.07) is 6.43. The zero-order chi connectivity index (χ0) is 14.0. The highest BCUT2D eigenvalue weighted by molar-refractivity contribution is 5.39. The van der Waals surface area contributed by atoms with Gasteiger partial charge in [-0.25, -0.2) is 0 Å². The highest BCUT2D eigenvalue weighted by Crippen LogP contribution is 2.26. The number of ether oxygens (including phenoxy) is 2. The van der Waals surface area contributed by atoms with Crippen molar-refractivity contribution >= 4 is 0 Å². The lowest BCUT2D eigenvalue weighted by Crippen LogP contribution is -2.46. The van der Waals surface area contributed by atoms with Crippen LogP contribution in [0.3, 0.4) is 0 Å². The van der Waals surface area contributed by atoms with E-state index in [4.69, 9.17) is 9.47 Å². The second kappa shape index (κ2) is 5.72. The molecule has 0 spiro atoms. The van der Waals surface area contributed by atoms with Gasteiger partial charge in [0.15, 0.2) is 0 Å². The van der Waals surface area contributed by atoms with Crippen LogP contribution in [0.4, 0.5) is 0 Å². The van der Waals surface area contributed by atoms with Crippen molar-refractivity contribution in [2.24, 2.45) is 0 Å². The highest BCUT2D eigenvalue weighted by Gasteiger charge is 2.38. The molecule has 0 aromatic heterocycles. The summed E-state index contributed by atoms with van der Waals surface area (Å²) >= 11 is 0. The maximum Gasteiger partial charge on any atom is 0.122 e. The molecule has 2 N–H and O–H groups in total. The molecule has 2 aliphatic rings. The fraction of sp³-hybridized carbons (Fsp3) is 0.625. The number of hydrogen-bond donors (Lipinski definition) is 2. The molecule has 0 amide bonds. The molecular formula is C16H23NO3. The standard InChI is InChI=1S/C16H23NO3/c1-12-16(18,6-9-19-12)11-17-7-4-13-2-3-15-14(10-13)5-8-20-15/h2-3,10,12,17-18H,4-9,11H2,1H3. The molecule has 1 aromatic carbocycles. The minimum absolute atomic E-state index is 0.0767. The van der Waals surface area contributed by atoms with Gasteiger partial charge in [0.25, 0.3) is 0 Å². The Balaban J connectivity index is 1.46. The molecule has 4 heteroatoms. The first kappa shape index (κ1) is 13.9. The fourth-order valence-electron chi connectivity index (χ4n) is 2.94. The third kappa shape index (κ3) is 2.82. The minimum Gasteiger partial charge on any atom is -0.493 e. The van der Waals surface area contributed by atoms with E-state index in [2.05, 4.69) is 23.5 Å². The minimum atomic E-state index is -0.703. The molecule has 0 saturated carbocycles. The molecule has 3 rings (SSSR count). The number of nitrogens with one attached hydrogen (secondary N) is 1. The maximum absolute atomic E-state index is 10.4. The molecule has 20 heavy (non-hydrogen) atoms. The summed E-state index contributed by atoms with van der Waals surface area (Å²) in [4.78, 5) is 0. The second-order valence-corrected chi connectivity index (χ2v) is 5.83. The average Bonchev–Trinajstić information content (AvgIpc) is 3.02. The molecule has 110 valence electrons. The van der Waals surface area contributed by atoms with Crippen LogP contribution in [0.25, 0.3) is 0 Å². The first-order valence-corrected chi connectivity index (χ1v) is 7.47. The van der Waals surface area contributed by atoms with Crippen LogP contribution in [0.15, 0.2) is 18.2 Å². The van der Waals surface area contributed by atoms with Crippen molar-refractivity contribution in [3.63, 3.8) is 0 Å². The summed E-state index contributed by atoms with van der Waals surface area (Å²) in [5.74, 6) is 1.04. The average molecular weight is 277 g/mol. The van der Waals surface area contributed by atoms with Crippen molar-refractivity contribution in [3.8, 4) is 5.75 Å². The van der Waals surface area contributed by atoms with Gasteiger partial charge in [-0.3, -0.25) is 0 Å². The van der Waals surface area contributed by atoms with E-state index in [1.54, 1.807) is 0 Å². The molecule has 1 saturated heterocycles. The van der Waals surface area contributed by atoms with Crippen LogP contribution >= 0.6 is 0 Å². The Morgan fingerprint density at radius 1 is 1.40 bits per heavy atom. The Labute approximate surface area is 120 Å². The normalized spacial score (nSPS) is 28.4. The SMILES string of the molecule is CC1OCCC1(O)CNCCc1ccc2c(c1)CCO2. The van der Waals surface area contributed by atoms with Crippen molar-refractivity contribution in [2.75, 3.05) is 26.3 Å².